The third kappa shape index (κ3) is 5.89. The predicted molar refractivity (Wildman–Crippen MR) is 90.5 cm³/mol. The van der Waals surface area contributed by atoms with Crippen LogP contribution in [-0.2, 0) is 11.3 Å². The molecule has 1 N–H and O–H groups in total. The van der Waals surface area contributed by atoms with E-state index in [1.165, 1.54) is 0 Å². The van der Waals surface area contributed by atoms with Crippen molar-refractivity contribution in [1.29, 1.82) is 0 Å². The highest BCUT2D eigenvalue weighted by molar-refractivity contribution is 5.92. The summed E-state index contributed by atoms with van der Waals surface area (Å²) < 4.78 is 5.04. The van der Waals surface area contributed by atoms with E-state index in [9.17, 15) is 4.79 Å². The van der Waals surface area contributed by atoms with Crippen molar-refractivity contribution >= 4 is 5.91 Å². The quantitative estimate of drug-likeness (QED) is 0.724. The molecule has 1 aliphatic heterocycles. The summed E-state index contributed by atoms with van der Waals surface area (Å²) in [5.41, 5.74) is 1.23. The molecule has 1 amide bonds. The van der Waals surface area contributed by atoms with E-state index in [4.69, 9.17) is 4.74 Å². The van der Waals surface area contributed by atoms with E-state index >= 15 is 0 Å². The van der Waals surface area contributed by atoms with Gasteiger partial charge in [-0.25, -0.2) is 4.98 Å². The molecule has 2 rings (SSSR count). The fourth-order valence-electron chi connectivity index (χ4n) is 2.76. The molecule has 0 radical (unpaired) electrons. The largest absolute Gasteiger partial charge is 0.378 e. The van der Waals surface area contributed by atoms with Crippen LogP contribution in [0.25, 0.3) is 0 Å². The molecule has 23 heavy (non-hydrogen) atoms. The number of nitrogens with one attached hydrogen (secondary N) is 1. The average Bonchev–Trinajstić information content (AvgIpc) is 2.59. The second-order valence-electron chi connectivity index (χ2n) is 5.83. The minimum absolute atomic E-state index is 0.112. The molecule has 0 saturated carbocycles. The molecule has 1 fully saturated rings. The molecule has 128 valence electrons. The number of aromatic nitrogens is 1. The van der Waals surface area contributed by atoms with Gasteiger partial charge in [0, 0.05) is 39.8 Å². The van der Waals surface area contributed by atoms with Crippen molar-refractivity contribution in [1.82, 2.24) is 20.1 Å². The lowest BCUT2D eigenvalue weighted by atomic mass is 10.2. The summed E-state index contributed by atoms with van der Waals surface area (Å²) in [6.45, 7) is 10.0. The minimum Gasteiger partial charge on any atom is -0.378 e. The first kappa shape index (κ1) is 17.8. The standard InChI is InChI=1S/C17H28N4O2/c1-3-20-10-12-21(13-11-20)9-5-8-18-17(22)16-7-4-6-15(19-16)14-23-2/h4,6-7H,3,5,8-14H2,1-2H3,(H,18,22). The molecule has 0 bridgehead atoms. The molecule has 6 nitrogen and oxygen atoms in total. The van der Waals surface area contributed by atoms with Gasteiger partial charge < -0.3 is 19.9 Å². The Kier molecular flexibility index (Phi) is 7.45. The summed E-state index contributed by atoms with van der Waals surface area (Å²) in [7, 11) is 1.62. The smallest absolute Gasteiger partial charge is 0.269 e. The molecule has 1 saturated heterocycles. The van der Waals surface area contributed by atoms with Gasteiger partial charge in [-0.3, -0.25) is 4.79 Å². The van der Waals surface area contributed by atoms with Crippen LogP contribution in [0, 0.1) is 0 Å². The van der Waals surface area contributed by atoms with Crippen LogP contribution in [-0.4, -0.2) is 73.6 Å². The molecule has 2 heterocycles. The number of carbonyl (C=O) groups excluding carboxylic acids is 1. The number of ether oxygens (including phenoxy) is 1. The normalized spacial score (nSPS) is 16.4. The topological polar surface area (TPSA) is 57.7 Å². The Labute approximate surface area is 138 Å². The molecule has 1 aliphatic rings. The molecular formula is C17H28N4O2. The molecule has 0 aliphatic carbocycles. The molecule has 0 spiro atoms. The highest BCUT2D eigenvalue weighted by Gasteiger charge is 2.14. The number of pyridine rings is 1. The Morgan fingerprint density at radius 1 is 1.26 bits per heavy atom. The number of carbonyl (C=O) groups is 1. The van der Waals surface area contributed by atoms with Gasteiger partial charge >= 0.3 is 0 Å². The fraction of sp³-hybridized carbons (Fsp3) is 0.647. The monoisotopic (exact) mass is 320 g/mol. The molecule has 1 aromatic rings. The van der Waals surface area contributed by atoms with E-state index in [0.29, 0.717) is 18.8 Å². The minimum atomic E-state index is -0.112. The third-order valence-corrected chi connectivity index (χ3v) is 4.18. The van der Waals surface area contributed by atoms with Crippen molar-refractivity contribution < 1.29 is 9.53 Å². The van der Waals surface area contributed by atoms with E-state index < -0.39 is 0 Å². The van der Waals surface area contributed by atoms with Crippen molar-refractivity contribution in [2.75, 3.05) is 52.9 Å². The van der Waals surface area contributed by atoms with Crippen molar-refractivity contribution in [3.8, 4) is 0 Å². The van der Waals surface area contributed by atoms with Gasteiger partial charge in [-0.05, 0) is 31.6 Å². The number of hydrogen-bond donors (Lipinski definition) is 1. The zero-order chi connectivity index (χ0) is 16.5. The number of rotatable bonds is 8. The molecule has 1 aromatic heterocycles. The number of methoxy groups -OCH3 is 1. The summed E-state index contributed by atoms with van der Waals surface area (Å²) in [4.78, 5) is 21.3. The lowest BCUT2D eigenvalue weighted by molar-refractivity contribution is 0.0942. The summed E-state index contributed by atoms with van der Waals surface area (Å²) in [6, 6.07) is 5.43. The van der Waals surface area contributed by atoms with Gasteiger partial charge in [-0.1, -0.05) is 13.0 Å². The highest BCUT2D eigenvalue weighted by atomic mass is 16.5. The van der Waals surface area contributed by atoms with Crippen LogP contribution in [0.1, 0.15) is 29.5 Å². The van der Waals surface area contributed by atoms with Crippen molar-refractivity contribution in [2.24, 2.45) is 0 Å². The second kappa shape index (κ2) is 9.60. The maximum atomic E-state index is 12.1. The van der Waals surface area contributed by atoms with Gasteiger partial charge in [0.25, 0.3) is 5.91 Å². The van der Waals surface area contributed by atoms with Crippen LogP contribution in [0.5, 0.6) is 0 Å². The van der Waals surface area contributed by atoms with Crippen LogP contribution in [0.3, 0.4) is 0 Å². The van der Waals surface area contributed by atoms with Crippen LogP contribution in [0.15, 0.2) is 18.2 Å². The Morgan fingerprint density at radius 3 is 2.70 bits per heavy atom. The van der Waals surface area contributed by atoms with Crippen LogP contribution < -0.4 is 5.32 Å². The number of nitrogens with zero attached hydrogens (tertiary/aromatic N) is 3. The number of likely N-dealkylation sites (N-methyl/N-ethyl adjacent to an activating group) is 1. The van der Waals surface area contributed by atoms with Gasteiger partial charge in [0.15, 0.2) is 0 Å². The molecule has 0 aromatic carbocycles. The Bertz CT molecular complexity index is 487. The summed E-state index contributed by atoms with van der Waals surface area (Å²) in [6.07, 6.45) is 0.968. The summed E-state index contributed by atoms with van der Waals surface area (Å²) in [5.74, 6) is -0.112. The van der Waals surface area contributed by atoms with E-state index in [1.807, 2.05) is 12.1 Å². The van der Waals surface area contributed by atoms with Gasteiger partial charge in [0.2, 0.25) is 0 Å². The van der Waals surface area contributed by atoms with E-state index in [2.05, 4.69) is 27.0 Å². The van der Waals surface area contributed by atoms with Gasteiger partial charge in [-0.2, -0.15) is 0 Å². The number of piperazine rings is 1. The summed E-state index contributed by atoms with van der Waals surface area (Å²) >= 11 is 0. The summed E-state index contributed by atoms with van der Waals surface area (Å²) in [5, 5.41) is 2.95. The zero-order valence-corrected chi connectivity index (χ0v) is 14.3. The Morgan fingerprint density at radius 2 is 2.00 bits per heavy atom. The predicted octanol–water partition coefficient (Wildman–Crippen LogP) is 0.985. The molecule has 6 heteroatoms. The maximum Gasteiger partial charge on any atom is 0.269 e. The first-order valence-corrected chi connectivity index (χ1v) is 8.40. The van der Waals surface area contributed by atoms with E-state index in [0.717, 1.165) is 51.4 Å². The van der Waals surface area contributed by atoms with Crippen molar-refractivity contribution in [2.45, 2.75) is 20.0 Å². The SMILES string of the molecule is CCN1CCN(CCCNC(=O)c2cccc(COC)n2)CC1. The fourth-order valence-corrected chi connectivity index (χ4v) is 2.76. The highest BCUT2D eigenvalue weighted by Crippen LogP contribution is 2.03. The Hall–Kier alpha value is -1.50. The lowest BCUT2D eigenvalue weighted by Gasteiger charge is -2.33. The van der Waals surface area contributed by atoms with Crippen molar-refractivity contribution in [3.63, 3.8) is 0 Å². The van der Waals surface area contributed by atoms with Gasteiger partial charge in [0.1, 0.15) is 5.69 Å². The molecular weight excluding hydrogens is 292 g/mol. The first-order chi connectivity index (χ1) is 11.2. The second-order valence-corrected chi connectivity index (χ2v) is 5.83. The van der Waals surface area contributed by atoms with E-state index in [-0.39, 0.29) is 5.91 Å². The maximum absolute atomic E-state index is 12.1. The van der Waals surface area contributed by atoms with Crippen LogP contribution >= 0.6 is 0 Å². The van der Waals surface area contributed by atoms with Gasteiger partial charge in [-0.15, -0.1) is 0 Å². The van der Waals surface area contributed by atoms with Gasteiger partial charge in [0.05, 0.1) is 12.3 Å². The third-order valence-electron chi connectivity index (χ3n) is 4.18. The Balaban J connectivity index is 1.66. The molecule has 0 unspecified atom stereocenters. The number of amides is 1. The molecule has 0 atom stereocenters. The van der Waals surface area contributed by atoms with Crippen LogP contribution in [0.2, 0.25) is 0 Å². The van der Waals surface area contributed by atoms with Crippen molar-refractivity contribution in [3.05, 3.63) is 29.6 Å². The average molecular weight is 320 g/mol. The zero-order valence-electron chi connectivity index (χ0n) is 14.3. The first-order valence-electron chi connectivity index (χ1n) is 8.40. The number of hydrogen-bond acceptors (Lipinski definition) is 5. The van der Waals surface area contributed by atoms with E-state index in [1.54, 1.807) is 13.2 Å². The van der Waals surface area contributed by atoms with Crippen LogP contribution in [0.4, 0.5) is 0 Å². The lowest BCUT2D eigenvalue weighted by Crippen LogP contribution is -2.46.